The predicted octanol–water partition coefficient (Wildman–Crippen LogP) is 4.24. The molecule has 3 aromatic rings. The van der Waals surface area contributed by atoms with Crippen molar-refractivity contribution in [3.63, 3.8) is 0 Å². The number of carbonyl (C=O) groups excluding carboxylic acids is 1. The van der Waals surface area contributed by atoms with Crippen molar-refractivity contribution >= 4 is 28.4 Å². The number of halogens is 3. The summed E-state index contributed by atoms with van der Waals surface area (Å²) in [6.45, 7) is 0.528. The minimum atomic E-state index is -0.721. The Labute approximate surface area is 151 Å². The summed E-state index contributed by atoms with van der Waals surface area (Å²) >= 11 is 2.24. The normalized spacial score (nSPS) is 10.8. The monoisotopic (exact) mass is 438 g/mol. The molecule has 3 rings (SSSR count). The van der Waals surface area contributed by atoms with Crippen LogP contribution in [-0.2, 0) is 13.0 Å². The number of benzene rings is 2. The molecule has 6 heteroatoms. The van der Waals surface area contributed by atoms with Gasteiger partial charge in [-0.1, -0.05) is 24.3 Å². The van der Waals surface area contributed by atoms with E-state index in [-0.39, 0.29) is 17.7 Å². The van der Waals surface area contributed by atoms with Crippen molar-refractivity contribution < 1.29 is 13.6 Å². The first-order valence-electron chi connectivity index (χ1n) is 7.27. The van der Waals surface area contributed by atoms with Gasteiger partial charge >= 0.3 is 0 Å². The zero-order chi connectivity index (χ0) is 17.1. The van der Waals surface area contributed by atoms with Crippen LogP contribution < -0.4 is 0 Å². The van der Waals surface area contributed by atoms with Crippen molar-refractivity contribution in [1.29, 1.82) is 0 Å². The lowest BCUT2D eigenvalue weighted by Gasteiger charge is -2.05. The average molecular weight is 438 g/mol. The molecule has 3 nitrogen and oxygen atoms in total. The summed E-state index contributed by atoms with van der Waals surface area (Å²) in [7, 11) is 0. The molecule has 0 unspecified atom stereocenters. The highest BCUT2D eigenvalue weighted by Crippen LogP contribution is 2.16. The van der Waals surface area contributed by atoms with Gasteiger partial charge in [-0.3, -0.25) is 9.48 Å². The van der Waals surface area contributed by atoms with Gasteiger partial charge in [-0.25, -0.2) is 8.78 Å². The highest BCUT2D eigenvalue weighted by molar-refractivity contribution is 14.1. The van der Waals surface area contributed by atoms with E-state index in [0.29, 0.717) is 6.54 Å². The second-order valence-electron chi connectivity index (χ2n) is 5.29. The van der Waals surface area contributed by atoms with Gasteiger partial charge in [0.15, 0.2) is 5.78 Å². The summed E-state index contributed by atoms with van der Waals surface area (Å²) in [5.41, 5.74) is 1.05. The third-order valence-electron chi connectivity index (χ3n) is 3.62. The van der Waals surface area contributed by atoms with Gasteiger partial charge in [0, 0.05) is 21.8 Å². The summed E-state index contributed by atoms with van der Waals surface area (Å²) in [5, 5.41) is 4.22. The van der Waals surface area contributed by atoms with Crippen molar-refractivity contribution in [2.45, 2.75) is 13.0 Å². The molecule has 2 aromatic carbocycles. The van der Waals surface area contributed by atoms with Crippen LogP contribution in [0, 0.1) is 15.2 Å². The van der Waals surface area contributed by atoms with Crippen LogP contribution in [0.5, 0.6) is 0 Å². The predicted molar refractivity (Wildman–Crippen MR) is 94.9 cm³/mol. The Bertz CT molecular complexity index is 872. The molecular weight excluding hydrogens is 425 g/mol. The van der Waals surface area contributed by atoms with E-state index in [0.717, 1.165) is 21.3 Å². The van der Waals surface area contributed by atoms with E-state index in [4.69, 9.17) is 0 Å². The Balaban J connectivity index is 1.76. The van der Waals surface area contributed by atoms with E-state index in [1.165, 1.54) is 6.07 Å². The summed E-state index contributed by atoms with van der Waals surface area (Å²) in [6.07, 6.45) is 1.34. The molecule has 0 atom stereocenters. The molecule has 0 N–H and O–H groups in total. The molecule has 0 saturated heterocycles. The highest BCUT2D eigenvalue weighted by atomic mass is 127. The van der Waals surface area contributed by atoms with Crippen molar-refractivity contribution in [2.75, 3.05) is 0 Å². The number of hydrogen-bond acceptors (Lipinski definition) is 2. The lowest BCUT2D eigenvalue weighted by Crippen LogP contribution is -2.09. The molecule has 122 valence electrons. The first kappa shape index (κ1) is 16.8. The fourth-order valence-corrected chi connectivity index (χ4v) is 2.91. The van der Waals surface area contributed by atoms with E-state index < -0.39 is 17.4 Å². The van der Waals surface area contributed by atoms with Crippen LogP contribution in [0.2, 0.25) is 0 Å². The summed E-state index contributed by atoms with van der Waals surface area (Å²) in [5.74, 6) is -1.86. The van der Waals surface area contributed by atoms with E-state index in [1.54, 1.807) is 16.9 Å². The van der Waals surface area contributed by atoms with Gasteiger partial charge in [-0.2, -0.15) is 5.10 Å². The third kappa shape index (κ3) is 3.69. The van der Waals surface area contributed by atoms with Crippen LogP contribution in [0.15, 0.2) is 54.7 Å². The minimum absolute atomic E-state index is 0.198. The van der Waals surface area contributed by atoms with Crippen LogP contribution in [0.4, 0.5) is 8.78 Å². The Kier molecular flexibility index (Phi) is 5.03. The topological polar surface area (TPSA) is 34.9 Å². The van der Waals surface area contributed by atoms with Crippen LogP contribution in [0.1, 0.15) is 21.6 Å². The number of Topliss-reactive ketones (excluding diaryl/α,β-unsaturated/α-hetero) is 1. The zero-order valence-corrected chi connectivity index (χ0v) is 14.7. The Morgan fingerprint density at radius 2 is 1.75 bits per heavy atom. The quantitative estimate of drug-likeness (QED) is 0.442. The van der Waals surface area contributed by atoms with Crippen molar-refractivity contribution in [3.8, 4) is 0 Å². The molecule has 1 heterocycles. The molecule has 0 fully saturated rings. The Morgan fingerprint density at radius 1 is 1.04 bits per heavy atom. The molecule has 0 spiro atoms. The molecule has 24 heavy (non-hydrogen) atoms. The van der Waals surface area contributed by atoms with Crippen molar-refractivity contribution in [2.24, 2.45) is 0 Å². The standard InChI is InChI=1S/C18H13F2IN2O/c19-14-5-3-6-15(20)13(14)10-18(24)17-8-9-23(22-17)11-12-4-1-2-7-16(12)21/h1-9H,10-11H2. The number of hydrogen-bond donors (Lipinski definition) is 0. The van der Waals surface area contributed by atoms with Gasteiger partial charge in [0.1, 0.15) is 17.3 Å². The van der Waals surface area contributed by atoms with E-state index >= 15 is 0 Å². The number of aromatic nitrogens is 2. The second-order valence-corrected chi connectivity index (χ2v) is 6.45. The lowest BCUT2D eigenvalue weighted by molar-refractivity contribution is 0.0985. The molecular formula is C18H13F2IN2O. The van der Waals surface area contributed by atoms with Gasteiger partial charge in [0.2, 0.25) is 0 Å². The minimum Gasteiger partial charge on any atom is -0.292 e. The highest BCUT2D eigenvalue weighted by Gasteiger charge is 2.16. The number of ketones is 1. The molecule has 1 aromatic heterocycles. The second kappa shape index (κ2) is 7.21. The maximum absolute atomic E-state index is 13.6. The molecule has 0 aliphatic rings. The molecule has 0 amide bonds. The van der Waals surface area contributed by atoms with Crippen LogP contribution in [0.25, 0.3) is 0 Å². The largest absolute Gasteiger partial charge is 0.292 e. The fraction of sp³-hybridized carbons (Fsp3) is 0.111. The Morgan fingerprint density at radius 3 is 2.46 bits per heavy atom. The molecule has 0 radical (unpaired) electrons. The van der Waals surface area contributed by atoms with Crippen LogP contribution >= 0.6 is 22.6 Å². The summed E-state index contributed by atoms with van der Waals surface area (Å²) < 4.78 is 30.0. The molecule has 0 aliphatic carbocycles. The maximum atomic E-state index is 13.6. The van der Waals surface area contributed by atoms with Crippen LogP contribution in [0.3, 0.4) is 0 Å². The first-order chi connectivity index (χ1) is 11.5. The lowest BCUT2D eigenvalue weighted by atomic mass is 10.1. The zero-order valence-electron chi connectivity index (χ0n) is 12.5. The third-order valence-corrected chi connectivity index (χ3v) is 4.67. The molecule has 0 aliphatic heterocycles. The van der Waals surface area contributed by atoms with Crippen molar-refractivity contribution in [3.05, 3.63) is 86.8 Å². The van der Waals surface area contributed by atoms with Gasteiger partial charge in [0.25, 0.3) is 0 Å². The SMILES string of the molecule is O=C(Cc1c(F)cccc1F)c1ccn(Cc2ccccc2I)n1. The van der Waals surface area contributed by atoms with Crippen LogP contribution in [-0.4, -0.2) is 15.6 Å². The fourth-order valence-electron chi connectivity index (χ4n) is 2.35. The van der Waals surface area contributed by atoms with Gasteiger partial charge in [0.05, 0.1) is 6.54 Å². The maximum Gasteiger partial charge on any atom is 0.187 e. The number of nitrogens with zero attached hydrogens (tertiary/aromatic N) is 2. The molecule has 0 saturated carbocycles. The molecule has 0 bridgehead atoms. The Hall–Kier alpha value is -2.09. The summed E-state index contributed by atoms with van der Waals surface area (Å²) in [4.78, 5) is 12.2. The average Bonchev–Trinajstić information content (AvgIpc) is 3.02. The van der Waals surface area contributed by atoms with Gasteiger partial charge in [-0.15, -0.1) is 0 Å². The number of rotatable bonds is 5. The van der Waals surface area contributed by atoms with E-state index in [2.05, 4.69) is 27.7 Å². The van der Waals surface area contributed by atoms with Gasteiger partial charge < -0.3 is 0 Å². The van der Waals surface area contributed by atoms with Gasteiger partial charge in [-0.05, 0) is 52.4 Å². The smallest absolute Gasteiger partial charge is 0.187 e. The first-order valence-corrected chi connectivity index (χ1v) is 8.35. The number of carbonyl (C=O) groups is 1. The van der Waals surface area contributed by atoms with E-state index in [9.17, 15) is 13.6 Å². The summed E-state index contributed by atoms with van der Waals surface area (Å²) in [6, 6.07) is 13.0. The van der Waals surface area contributed by atoms with Crippen molar-refractivity contribution in [1.82, 2.24) is 9.78 Å². The van der Waals surface area contributed by atoms with E-state index in [1.807, 2.05) is 24.3 Å².